The minimum Gasteiger partial charge on any atom is -0.351 e. The number of hydrogen-bond donors (Lipinski definition) is 2. The number of hydrogen-bond acceptors (Lipinski definition) is 5. The van der Waals surface area contributed by atoms with E-state index in [-0.39, 0.29) is 11.8 Å². The van der Waals surface area contributed by atoms with Crippen LogP contribution in [-0.4, -0.2) is 28.3 Å². The standard InChI is InChI=1S/C13H11BrN4O2S/c14-8-4-7(5-15-6-8)11(19)18-13-17-9-2-1-3-16-12(20)10(9)21-13/h4-6H,1-3H2,(H,16,20)(H,17,18,19). The number of thiazole rings is 1. The van der Waals surface area contributed by atoms with E-state index in [4.69, 9.17) is 0 Å². The zero-order valence-corrected chi connectivity index (χ0v) is 13.3. The van der Waals surface area contributed by atoms with Crippen LogP contribution in [-0.2, 0) is 6.42 Å². The van der Waals surface area contributed by atoms with Crippen LogP contribution in [0.3, 0.4) is 0 Å². The van der Waals surface area contributed by atoms with Crippen LogP contribution in [0.25, 0.3) is 0 Å². The lowest BCUT2D eigenvalue weighted by Gasteiger charge is -2.01. The molecule has 108 valence electrons. The van der Waals surface area contributed by atoms with Gasteiger partial charge in [-0.1, -0.05) is 11.3 Å². The fourth-order valence-electron chi connectivity index (χ4n) is 2.00. The zero-order chi connectivity index (χ0) is 14.8. The van der Waals surface area contributed by atoms with Gasteiger partial charge in [0.05, 0.1) is 11.3 Å². The van der Waals surface area contributed by atoms with Crippen LogP contribution in [0.4, 0.5) is 5.13 Å². The molecule has 0 saturated carbocycles. The van der Waals surface area contributed by atoms with Crippen LogP contribution in [0.2, 0.25) is 0 Å². The number of pyridine rings is 1. The minimum atomic E-state index is -0.298. The number of aromatic nitrogens is 2. The van der Waals surface area contributed by atoms with Crippen molar-refractivity contribution < 1.29 is 9.59 Å². The van der Waals surface area contributed by atoms with E-state index >= 15 is 0 Å². The maximum absolute atomic E-state index is 12.1. The van der Waals surface area contributed by atoms with Crippen LogP contribution in [0, 0.1) is 0 Å². The maximum atomic E-state index is 12.1. The van der Waals surface area contributed by atoms with E-state index in [9.17, 15) is 9.59 Å². The average molecular weight is 367 g/mol. The van der Waals surface area contributed by atoms with Gasteiger partial charge in [-0.15, -0.1) is 0 Å². The summed E-state index contributed by atoms with van der Waals surface area (Å²) in [7, 11) is 0. The Kier molecular flexibility index (Phi) is 3.98. The van der Waals surface area contributed by atoms with E-state index in [0.29, 0.717) is 22.1 Å². The Balaban J connectivity index is 1.81. The first-order valence-corrected chi connectivity index (χ1v) is 7.94. The van der Waals surface area contributed by atoms with Crippen molar-refractivity contribution in [2.45, 2.75) is 12.8 Å². The van der Waals surface area contributed by atoms with E-state index in [2.05, 4.69) is 36.5 Å². The van der Waals surface area contributed by atoms with Crippen molar-refractivity contribution in [1.29, 1.82) is 0 Å². The molecule has 0 spiro atoms. The van der Waals surface area contributed by atoms with Gasteiger partial charge in [-0.05, 0) is 34.8 Å². The van der Waals surface area contributed by atoms with E-state index in [1.807, 2.05) is 0 Å². The summed E-state index contributed by atoms with van der Waals surface area (Å²) in [5.41, 5.74) is 1.18. The molecule has 1 aliphatic heterocycles. The summed E-state index contributed by atoms with van der Waals surface area (Å²) in [4.78, 5) is 32.8. The predicted molar refractivity (Wildman–Crippen MR) is 82.7 cm³/mol. The summed E-state index contributed by atoms with van der Waals surface area (Å²) in [6.45, 7) is 0.660. The third kappa shape index (κ3) is 3.11. The smallest absolute Gasteiger partial charge is 0.263 e. The molecule has 3 rings (SSSR count). The van der Waals surface area contributed by atoms with Gasteiger partial charge in [-0.3, -0.25) is 19.9 Å². The Morgan fingerprint density at radius 3 is 3.10 bits per heavy atom. The molecular weight excluding hydrogens is 356 g/mol. The summed E-state index contributed by atoms with van der Waals surface area (Å²) in [5.74, 6) is -0.419. The lowest BCUT2D eigenvalue weighted by molar-refractivity contribution is 0.0958. The lowest BCUT2D eigenvalue weighted by atomic mass is 10.2. The van der Waals surface area contributed by atoms with Crippen molar-refractivity contribution in [2.75, 3.05) is 11.9 Å². The van der Waals surface area contributed by atoms with Crippen LogP contribution < -0.4 is 10.6 Å². The monoisotopic (exact) mass is 366 g/mol. The Hall–Kier alpha value is -1.80. The first-order valence-electron chi connectivity index (χ1n) is 6.33. The molecule has 6 nitrogen and oxygen atoms in total. The number of rotatable bonds is 2. The van der Waals surface area contributed by atoms with Gasteiger partial charge in [0.1, 0.15) is 4.88 Å². The normalized spacial score (nSPS) is 14.0. The highest BCUT2D eigenvalue weighted by molar-refractivity contribution is 9.10. The third-order valence-corrected chi connectivity index (χ3v) is 4.41. The topological polar surface area (TPSA) is 84.0 Å². The molecule has 0 radical (unpaired) electrons. The summed E-state index contributed by atoms with van der Waals surface area (Å²) in [5, 5.41) is 5.95. The summed E-state index contributed by atoms with van der Waals surface area (Å²) >= 11 is 4.47. The van der Waals surface area contributed by atoms with Crippen molar-refractivity contribution in [1.82, 2.24) is 15.3 Å². The summed E-state index contributed by atoms with van der Waals surface area (Å²) < 4.78 is 0.726. The number of carbonyl (C=O) groups excluding carboxylic acids is 2. The van der Waals surface area contributed by atoms with Gasteiger partial charge in [0.2, 0.25) is 0 Å². The van der Waals surface area contributed by atoms with Crippen molar-refractivity contribution in [3.8, 4) is 0 Å². The van der Waals surface area contributed by atoms with Crippen molar-refractivity contribution >= 4 is 44.2 Å². The molecule has 8 heteroatoms. The first kappa shape index (κ1) is 14.2. The van der Waals surface area contributed by atoms with E-state index in [1.54, 1.807) is 12.3 Å². The minimum absolute atomic E-state index is 0.121. The summed E-state index contributed by atoms with van der Waals surface area (Å²) in [6, 6.07) is 1.67. The van der Waals surface area contributed by atoms with Gasteiger partial charge in [0.25, 0.3) is 11.8 Å². The Morgan fingerprint density at radius 2 is 2.29 bits per heavy atom. The quantitative estimate of drug-likeness (QED) is 0.853. The van der Waals surface area contributed by atoms with Gasteiger partial charge >= 0.3 is 0 Å². The number of carbonyl (C=O) groups is 2. The molecule has 2 aromatic heterocycles. The van der Waals surface area contributed by atoms with Crippen LogP contribution >= 0.6 is 27.3 Å². The Bertz CT molecular complexity index is 716. The summed E-state index contributed by atoms with van der Waals surface area (Å²) in [6.07, 6.45) is 4.67. The molecular formula is C13H11BrN4O2S. The number of aryl methyl sites for hydroxylation is 1. The maximum Gasteiger partial charge on any atom is 0.263 e. The highest BCUT2D eigenvalue weighted by Crippen LogP contribution is 2.26. The molecule has 0 fully saturated rings. The molecule has 2 amide bonds. The van der Waals surface area contributed by atoms with Crippen LogP contribution in [0.1, 0.15) is 32.1 Å². The molecule has 2 aromatic rings. The zero-order valence-electron chi connectivity index (χ0n) is 10.9. The second-order valence-corrected chi connectivity index (χ2v) is 6.41. The van der Waals surface area contributed by atoms with Crippen molar-refractivity contribution in [2.24, 2.45) is 0 Å². The van der Waals surface area contributed by atoms with Gasteiger partial charge in [0.15, 0.2) is 5.13 Å². The van der Waals surface area contributed by atoms with Gasteiger partial charge in [-0.25, -0.2) is 4.98 Å². The first-order chi connectivity index (χ1) is 10.1. The average Bonchev–Trinajstić information content (AvgIpc) is 2.78. The molecule has 0 unspecified atom stereocenters. The second kappa shape index (κ2) is 5.90. The molecule has 0 atom stereocenters. The van der Waals surface area contributed by atoms with E-state index in [0.717, 1.165) is 23.0 Å². The second-order valence-electron chi connectivity index (χ2n) is 4.50. The lowest BCUT2D eigenvalue weighted by Crippen LogP contribution is -2.21. The van der Waals surface area contributed by atoms with E-state index < -0.39 is 0 Å². The van der Waals surface area contributed by atoms with Gasteiger partial charge in [0, 0.05) is 23.4 Å². The molecule has 0 bridgehead atoms. The molecule has 21 heavy (non-hydrogen) atoms. The van der Waals surface area contributed by atoms with Crippen LogP contribution in [0.5, 0.6) is 0 Å². The number of nitrogens with one attached hydrogen (secondary N) is 2. The molecule has 2 N–H and O–H groups in total. The fraction of sp³-hybridized carbons (Fsp3) is 0.231. The molecule has 3 heterocycles. The SMILES string of the molecule is O=C(Nc1nc2c(s1)C(=O)NCCC2)c1cncc(Br)c1. The molecule has 0 saturated heterocycles. The van der Waals surface area contributed by atoms with Crippen molar-refractivity contribution in [3.05, 3.63) is 39.1 Å². The highest BCUT2D eigenvalue weighted by atomic mass is 79.9. The van der Waals surface area contributed by atoms with Crippen LogP contribution in [0.15, 0.2) is 22.9 Å². The van der Waals surface area contributed by atoms with Crippen molar-refractivity contribution in [3.63, 3.8) is 0 Å². The number of nitrogens with zero attached hydrogens (tertiary/aromatic N) is 2. The Labute approximate surface area is 133 Å². The number of fused-ring (bicyclic) bond motifs is 1. The predicted octanol–water partition coefficient (Wildman–Crippen LogP) is 2.23. The Morgan fingerprint density at radius 1 is 1.43 bits per heavy atom. The number of halogens is 1. The van der Waals surface area contributed by atoms with E-state index in [1.165, 1.54) is 17.5 Å². The number of anilines is 1. The third-order valence-electron chi connectivity index (χ3n) is 2.97. The van der Waals surface area contributed by atoms with Gasteiger partial charge in [-0.2, -0.15) is 0 Å². The number of amides is 2. The molecule has 0 aliphatic carbocycles. The highest BCUT2D eigenvalue weighted by Gasteiger charge is 2.21. The van der Waals surface area contributed by atoms with Gasteiger partial charge < -0.3 is 5.32 Å². The molecule has 1 aliphatic rings. The largest absolute Gasteiger partial charge is 0.351 e. The fourth-order valence-corrected chi connectivity index (χ4v) is 3.28. The molecule has 0 aromatic carbocycles.